The second-order valence-electron chi connectivity index (χ2n) is 5.54. The molecule has 0 saturated heterocycles. The predicted molar refractivity (Wildman–Crippen MR) is 90.1 cm³/mol. The van der Waals surface area contributed by atoms with Gasteiger partial charge in [0.2, 0.25) is 0 Å². The second kappa shape index (κ2) is 7.35. The summed E-state index contributed by atoms with van der Waals surface area (Å²) in [7, 11) is 0. The highest BCUT2D eigenvalue weighted by atomic mass is 19.4. The van der Waals surface area contributed by atoms with Crippen molar-refractivity contribution >= 4 is 5.91 Å². The van der Waals surface area contributed by atoms with Crippen molar-refractivity contribution in [3.63, 3.8) is 0 Å². The second-order valence-corrected chi connectivity index (χ2v) is 5.54. The number of carbonyl (C=O) groups excluding carboxylic acids is 1. The topological polar surface area (TPSA) is 54.9 Å². The monoisotopic (exact) mass is 357 g/mol. The van der Waals surface area contributed by atoms with Gasteiger partial charge >= 0.3 is 6.18 Å². The van der Waals surface area contributed by atoms with E-state index in [2.05, 4.69) is 15.3 Å². The molecule has 1 amide bonds. The van der Waals surface area contributed by atoms with Crippen LogP contribution in [0.4, 0.5) is 13.2 Å². The van der Waals surface area contributed by atoms with Crippen molar-refractivity contribution in [2.45, 2.75) is 12.7 Å². The molecule has 0 fully saturated rings. The first-order valence-electron chi connectivity index (χ1n) is 7.75. The molecule has 1 aromatic heterocycles. The molecule has 7 heteroatoms. The standard InChI is InChI=1S/C19H14F3N3O/c20-19(21,22)16-8-4-5-13(9-16)10-25-18(26)15-11-23-17(24-12-15)14-6-2-1-3-7-14/h1-9,11-12H,10H2,(H,25,26). The molecule has 0 saturated carbocycles. The van der Waals surface area contributed by atoms with E-state index in [0.29, 0.717) is 11.4 Å². The lowest BCUT2D eigenvalue weighted by Gasteiger charge is -2.09. The number of hydrogen-bond acceptors (Lipinski definition) is 3. The fourth-order valence-electron chi connectivity index (χ4n) is 2.32. The van der Waals surface area contributed by atoms with Gasteiger partial charge in [-0.05, 0) is 17.7 Å². The van der Waals surface area contributed by atoms with Crippen molar-refractivity contribution < 1.29 is 18.0 Å². The zero-order valence-electron chi connectivity index (χ0n) is 13.5. The van der Waals surface area contributed by atoms with Crippen LogP contribution >= 0.6 is 0 Å². The third kappa shape index (κ3) is 4.24. The molecule has 0 aliphatic rings. The zero-order chi connectivity index (χ0) is 18.6. The first-order chi connectivity index (χ1) is 12.4. The Kier molecular flexibility index (Phi) is 4.97. The summed E-state index contributed by atoms with van der Waals surface area (Å²) in [6.45, 7) is -0.0246. The van der Waals surface area contributed by atoms with Crippen LogP contribution in [0.5, 0.6) is 0 Å². The normalized spacial score (nSPS) is 11.2. The molecule has 132 valence electrons. The minimum atomic E-state index is -4.42. The highest BCUT2D eigenvalue weighted by Crippen LogP contribution is 2.29. The minimum absolute atomic E-state index is 0.0246. The van der Waals surface area contributed by atoms with Gasteiger partial charge in [0.15, 0.2) is 5.82 Å². The molecule has 0 aliphatic heterocycles. The number of hydrogen-bond donors (Lipinski definition) is 1. The molecule has 2 aromatic carbocycles. The van der Waals surface area contributed by atoms with E-state index in [1.54, 1.807) is 0 Å². The van der Waals surface area contributed by atoms with Gasteiger partial charge in [-0.15, -0.1) is 0 Å². The Morgan fingerprint density at radius 2 is 1.65 bits per heavy atom. The number of benzene rings is 2. The summed E-state index contributed by atoms with van der Waals surface area (Å²) in [5.41, 5.74) is 0.662. The van der Waals surface area contributed by atoms with Crippen LogP contribution in [0.1, 0.15) is 21.5 Å². The van der Waals surface area contributed by atoms with Crippen LogP contribution in [0.2, 0.25) is 0 Å². The van der Waals surface area contributed by atoms with Crippen molar-refractivity contribution in [3.05, 3.63) is 83.7 Å². The van der Waals surface area contributed by atoms with E-state index in [9.17, 15) is 18.0 Å². The summed E-state index contributed by atoms with van der Waals surface area (Å²) in [6, 6.07) is 14.1. The van der Waals surface area contributed by atoms with E-state index in [4.69, 9.17) is 0 Å². The van der Waals surface area contributed by atoms with Crippen molar-refractivity contribution in [2.75, 3.05) is 0 Å². The lowest BCUT2D eigenvalue weighted by atomic mass is 10.1. The Hall–Kier alpha value is -3.22. The fraction of sp³-hybridized carbons (Fsp3) is 0.105. The van der Waals surface area contributed by atoms with Crippen LogP contribution in [0, 0.1) is 0 Å². The summed E-state index contributed by atoms with van der Waals surface area (Å²) in [4.78, 5) is 20.4. The molecule has 0 radical (unpaired) electrons. The number of amides is 1. The summed E-state index contributed by atoms with van der Waals surface area (Å²) < 4.78 is 38.1. The molecule has 26 heavy (non-hydrogen) atoms. The zero-order valence-corrected chi connectivity index (χ0v) is 13.5. The Labute approximate surface area is 147 Å². The van der Waals surface area contributed by atoms with Crippen LogP contribution in [-0.2, 0) is 12.7 Å². The maximum atomic E-state index is 12.7. The van der Waals surface area contributed by atoms with Crippen LogP contribution < -0.4 is 5.32 Å². The molecule has 0 bridgehead atoms. The van der Waals surface area contributed by atoms with Crippen molar-refractivity contribution in [2.24, 2.45) is 0 Å². The summed E-state index contributed by atoms with van der Waals surface area (Å²) >= 11 is 0. The number of nitrogens with one attached hydrogen (secondary N) is 1. The molecule has 0 atom stereocenters. The average Bonchev–Trinajstić information content (AvgIpc) is 2.66. The van der Waals surface area contributed by atoms with Crippen LogP contribution in [0.3, 0.4) is 0 Å². The van der Waals surface area contributed by atoms with Gasteiger partial charge in [0, 0.05) is 24.5 Å². The maximum Gasteiger partial charge on any atom is 0.416 e. The number of aromatic nitrogens is 2. The van der Waals surface area contributed by atoms with Gasteiger partial charge in [-0.2, -0.15) is 13.2 Å². The van der Waals surface area contributed by atoms with E-state index in [1.165, 1.54) is 24.5 Å². The molecular weight excluding hydrogens is 343 g/mol. The van der Waals surface area contributed by atoms with E-state index >= 15 is 0 Å². The molecule has 3 rings (SSSR count). The number of rotatable bonds is 4. The predicted octanol–water partition coefficient (Wildman–Crippen LogP) is 4.09. The largest absolute Gasteiger partial charge is 0.416 e. The summed E-state index contributed by atoms with van der Waals surface area (Å²) in [5.74, 6) is 0.0297. The number of halogens is 3. The minimum Gasteiger partial charge on any atom is -0.348 e. The molecule has 0 unspecified atom stereocenters. The van der Waals surface area contributed by atoms with Crippen molar-refractivity contribution in [3.8, 4) is 11.4 Å². The highest BCUT2D eigenvalue weighted by Gasteiger charge is 2.30. The highest BCUT2D eigenvalue weighted by molar-refractivity contribution is 5.93. The van der Waals surface area contributed by atoms with Crippen molar-refractivity contribution in [1.82, 2.24) is 15.3 Å². The Bertz CT molecular complexity index is 894. The number of nitrogens with zero attached hydrogens (tertiary/aromatic N) is 2. The molecule has 1 heterocycles. The molecule has 1 N–H and O–H groups in total. The third-order valence-electron chi connectivity index (χ3n) is 3.65. The number of carbonyl (C=O) groups is 1. The van der Waals surface area contributed by atoms with Gasteiger partial charge in [-0.1, -0.05) is 42.5 Å². The summed E-state index contributed by atoms with van der Waals surface area (Å²) in [5, 5.41) is 2.57. The molecule has 4 nitrogen and oxygen atoms in total. The average molecular weight is 357 g/mol. The molecular formula is C19H14F3N3O. The lowest BCUT2D eigenvalue weighted by Crippen LogP contribution is -2.23. The van der Waals surface area contributed by atoms with Gasteiger partial charge in [0.1, 0.15) is 0 Å². The first kappa shape index (κ1) is 17.6. The fourth-order valence-corrected chi connectivity index (χ4v) is 2.32. The summed E-state index contributed by atoms with van der Waals surface area (Å²) in [6.07, 6.45) is -1.64. The first-order valence-corrected chi connectivity index (χ1v) is 7.75. The van der Waals surface area contributed by atoms with E-state index in [0.717, 1.165) is 17.7 Å². The van der Waals surface area contributed by atoms with Crippen LogP contribution in [0.25, 0.3) is 11.4 Å². The Morgan fingerprint density at radius 3 is 2.31 bits per heavy atom. The molecule has 0 aliphatic carbocycles. The van der Waals surface area contributed by atoms with Gasteiger partial charge in [-0.25, -0.2) is 9.97 Å². The quantitative estimate of drug-likeness (QED) is 0.765. The number of alkyl halides is 3. The van der Waals surface area contributed by atoms with Gasteiger partial charge < -0.3 is 5.32 Å². The SMILES string of the molecule is O=C(NCc1cccc(C(F)(F)F)c1)c1cnc(-c2ccccc2)nc1. The smallest absolute Gasteiger partial charge is 0.348 e. The van der Waals surface area contributed by atoms with E-state index in [1.807, 2.05) is 30.3 Å². The van der Waals surface area contributed by atoms with E-state index < -0.39 is 17.6 Å². The molecule has 3 aromatic rings. The van der Waals surface area contributed by atoms with Crippen molar-refractivity contribution in [1.29, 1.82) is 0 Å². The van der Waals surface area contributed by atoms with Gasteiger partial charge in [0.05, 0.1) is 11.1 Å². The van der Waals surface area contributed by atoms with Gasteiger partial charge in [0.25, 0.3) is 5.91 Å². The van der Waals surface area contributed by atoms with Crippen LogP contribution in [0.15, 0.2) is 67.0 Å². The Balaban J connectivity index is 1.65. The van der Waals surface area contributed by atoms with Gasteiger partial charge in [-0.3, -0.25) is 4.79 Å². The van der Waals surface area contributed by atoms with E-state index in [-0.39, 0.29) is 12.1 Å². The third-order valence-corrected chi connectivity index (χ3v) is 3.65. The molecule has 0 spiro atoms. The van der Waals surface area contributed by atoms with Crippen LogP contribution in [-0.4, -0.2) is 15.9 Å². The Morgan fingerprint density at radius 1 is 0.962 bits per heavy atom. The lowest BCUT2D eigenvalue weighted by molar-refractivity contribution is -0.137. The maximum absolute atomic E-state index is 12.7.